The van der Waals surface area contributed by atoms with Crippen molar-refractivity contribution in [1.82, 2.24) is 20.4 Å². The van der Waals surface area contributed by atoms with Crippen LogP contribution in [0.5, 0.6) is 5.88 Å². The number of ether oxygens (including phenoxy) is 1. The molecule has 1 amide bonds. The molecule has 3 rings (SSSR count). The predicted octanol–water partition coefficient (Wildman–Crippen LogP) is 3.22. The van der Waals surface area contributed by atoms with Crippen molar-refractivity contribution in [1.29, 1.82) is 0 Å². The summed E-state index contributed by atoms with van der Waals surface area (Å²) >= 11 is 0. The molecule has 0 saturated carbocycles. The fraction of sp³-hybridized carbons (Fsp3) is 0.364. The molecule has 1 atom stereocenters. The zero-order valence-electron chi connectivity index (χ0n) is 17.4. The van der Waals surface area contributed by atoms with Gasteiger partial charge in [-0.05, 0) is 38.5 Å². The molecule has 8 nitrogen and oxygen atoms in total. The summed E-state index contributed by atoms with van der Waals surface area (Å²) in [4.78, 5) is 20.8. The Labute approximate surface area is 175 Å². The van der Waals surface area contributed by atoms with E-state index in [2.05, 4.69) is 20.4 Å². The number of amides is 1. The summed E-state index contributed by atoms with van der Waals surface area (Å²) in [5, 5.41) is 16.3. The first-order valence-corrected chi connectivity index (χ1v) is 9.90. The number of nitrogens with zero attached hydrogens (tertiary/aromatic N) is 3. The van der Waals surface area contributed by atoms with Crippen LogP contribution in [0.1, 0.15) is 47.1 Å². The van der Waals surface area contributed by atoms with Crippen LogP contribution in [0.25, 0.3) is 11.3 Å². The van der Waals surface area contributed by atoms with Crippen LogP contribution in [-0.2, 0) is 6.61 Å². The molecule has 0 bridgehead atoms. The molecule has 0 radical (unpaired) electrons. The van der Waals surface area contributed by atoms with Crippen molar-refractivity contribution in [2.75, 3.05) is 6.61 Å². The van der Waals surface area contributed by atoms with E-state index in [0.717, 1.165) is 23.2 Å². The number of aliphatic hydroxyl groups is 1. The Morgan fingerprint density at radius 1 is 1.20 bits per heavy atom. The third-order valence-corrected chi connectivity index (χ3v) is 4.73. The summed E-state index contributed by atoms with van der Waals surface area (Å²) in [6, 6.07) is 6.87. The highest BCUT2D eigenvalue weighted by atomic mass is 16.5. The number of aromatic nitrogens is 3. The molecule has 3 aromatic heterocycles. The molecule has 158 valence electrons. The summed E-state index contributed by atoms with van der Waals surface area (Å²) < 4.78 is 11.1. The average Bonchev–Trinajstić information content (AvgIpc) is 3.13. The van der Waals surface area contributed by atoms with Crippen molar-refractivity contribution in [3.63, 3.8) is 0 Å². The monoisotopic (exact) mass is 410 g/mol. The minimum atomic E-state index is -0.273. The zero-order valence-corrected chi connectivity index (χ0v) is 17.4. The van der Waals surface area contributed by atoms with Crippen LogP contribution >= 0.6 is 0 Å². The highest BCUT2D eigenvalue weighted by molar-refractivity contribution is 5.94. The number of aryl methyl sites for hydroxylation is 2. The van der Waals surface area contributed by atoms with Gasteiger partial charge in [0.25, 0.3) is 5.91 Å². The van der Waals surface area contributed by atoms with E-state index < -0.39 is 0 Å². The van der Waals surface area contributed by atoms with Crippen LogP contribution in [0.4, 0.5) is 0 Å². The second kappa shape index (κ2) is 9.98. The minimum absolute atomic E-state index is 0.0921. The van der Waals surface area contributed by atoms with E-state index in [1.807, 2.05) is 32.9 Å². The maximum absolute atomic E-state index is 12.3. The minimum Gasteiger partial charge on any atom is -0.473 e. The number of hydrogen-bond acceptors (Lipinski definition) is 7. The molecular formula is C22H26N4O4. The van der Waals surface area contributed by atoms with Gasteiger partial charge in [-0.25, -0.2) is 4.98 Å². The Morgan fingerprint density at radius 3 is 2.67 bits per heavy atom. The summed E-state index contributed by atoms with van der Waals surface area (Å²) in [6.07, 6.45) is 4.80. The topological polar surface area (TPSA) is 110 Å². The third kappa shape index (κ3) is 5.21. The number of aliphatic hydroxyl groups excluding tert-OH is 1. The van der Waals surface area contributed by atoms with E-state index in [1.165, 1.54) is 6.20 Å². The number of carbonyl (C=O) groups excluding carboxylic acids is 1. The summed E-state index contributed by atoms with van der Waals surface area (Å²) in [7, 11) is 0. The van der Waals surface area contributed by atoms with Gasteiger partial charge in [0, 0.05) is 29.7 Å². The molecule has 3 heterocycles. The molecule has 0 fully saturated rings. The van der Waals surface area contributed by atoms with Crippen molar-refractivity contribution in [2.24, 2.45) is 0 Å². The molecule has 8 heteroatoms. The smallest absolute Gasteiger partial charge is 0.253 e. The van der Waals surface area contributed by atoms with E-state index in [9.17, 15) is 9.90 Å². The molecule has 0 spiro atoms. The largest absolute Gasteiger partial charge is 0.473 e. The Balaban J connectivity index is 1.65. The lowest BCUT2D eigenvalue weighted by Gasteiger charge is -2.15. The highest BCUT2D eigenvalue weighted by Gasteiger charge is 2.17. The van der Waals surface area contributed by atoms with Gasteiger partial charge in [0.1, 0.15) is 18.1 Å². The molecule has 0 aliphatic heterocycles. The first kappa shape index (κ1) is 21.4. The van der Waals surface area contributed by atoms with E-state index in [1.54, 1.807) is 18.3 Å². The first-order chi connectivity index (χ1) is 14.5. The summed E-state index contributed by atoms with van der Waals surface area (Å²) in [5.74, 6) is 0.769. The fourth-order valence-electron chi connectivity index (χ4n) is 2.97. The SMILES string of the molecule is CCC[C@H](CO)NC(=O)c1ccc(OCc2c(-c3ccc(C)nc3)noc2C)nc1. The molecule has 30 heavy (non-hydrogen) atoms. The molecule has 0 aliphatic carbocycles. The van der Waals surface area contributed by atoms with Crippen LogP contribution in [-0.4, -0.2) is 38.8 Å². The predicted molar refractivity (Wildman–Crippen MR) is 111 cm³/mol. The van der Waals surface area contributed by atoms with Crippen LogP contribution in [0.2, 0.25) is 0 Å². The molecule has 0 aliphatic rings. The lowest BCUT2D eigenvalue weighted by Crippen LogP contribution is -2.37. The van der Waals surface area contributed by atoms with Crippen molar-refractivity contribution in [2.45, 2.75) is 46.3 Å². The van der Waals surface area contributed by atoms with E-state index >= 15 is 0 Å². The van der Waals surface area contributed by atoms with Crippen molar-refractivity contribution >= 4 is 5.91 Å². The number of carbonyl (C=O) groups is 1. The van der Waals surface area contributed by atoms with Crippen LogP contribution in [0.3, 0.4) is 0 Å². The maximum Gasteiger partial charge on any atom is 0.253 e. The number of rotatable bonds is 9. The van der Waals surface area contributed by atoms with E-state index in [0.29, 0.717) is 29.3 Å². The first-order valence-electron chi connectivity index (χ1n) is 9.90. The number of pyridine rings is 2. The second-order valence-electron chi connectivity index (χ2n) is 7.07. The van der Waals surface area contributed by atoms with Gasteiger partial charge in [-0.3, -0.25) is 9.78 Å². The van der Waals surface area contributed by atoms with Crippen LogP contribution in [0.15, 0.2) is 41.2 Å². The van der Waals surface area contributed by atoms with Crippen molar-refractivity contribution in [3.8, 4) is 17.1 Å². The normalized spacial score (nSPS) is 11.9. The molecule has 0 aromatic carbocycles. The lowest BCUT2D eigenvalue weighted by molar-refractivity contribution is 0.0912. The fourth-order valence-corrected chi connectivity index (χ4v) is 2.97. The molecule has 0 saturated heterocycles. The van der Waals surface area contributed by atoms with Crippen LogP contribution in [0, 0.1) is 13.8 Å². The van der Waals surface area contributed by atoms with Gasteiger partial charge in [-0.2, -0.15) is 0 Å². The van der Waals surface area contributed by atoms with Gasteiger partial charge >= 0.3 is 0 Å². The summed E-state index contributed by atoms with van der Waals surface area (Å²) in [5.41, 5.74) is 3.67. The average molecular weight is 410 g/mol. The van der Waals surface area contributed by atoms with Gasteiger partial charge in [0.15, 0.2) is 0 Å². The van der Waals surface area contributed by atoms with Gasteiger partial charge < -0.3 is 19.7 Å². The Kier molecular flexibility index (Phi) is 7.13. The van der Waals surface area contributed by atoms with Crippen molar-refractivity contribution in [3.05, 3.63) is 59.2 Å². The number of hydrogen-bond donors (Lipinski definition) is 2. The number of nitrogens with one attached hydrogen (secondary N) is 1. The Bertz CT molecular complexity index is 968. The second-order valence-corrected chi connectivity index (χ2v) is 7.07. The van der Waals surface area contributed by atoms with E-state index in [4.69, 9.17) is 9.26 Å². The molecule has 0 unspecified atom stereocenters. The Hall–Kier alpha value is -3.26. The third-order valence-electron chi connectivity index (χ3n) is 4.73. The van der Waals surface area contributed by atoms with E-state index in [-0.39, 0.29) is 25.2 Å². The molecular weight excluding hydrogens is 384 g/mol. The molecule has 2 N–H and O–H groups in total. The summed E-state index contributed by atoms with van der Waals surface area (Å²) in [6.45, 7) is 5.88. The highest BCUT2D eigenvalue weighted by Crippen LogP contribution is 2.26. The Morgan fingerprint density at radius 2 is 2.03 bits per heavy atom. The van der Waals surface area contributed by atoms with Gasteiger partial charge in [0.05, 0.1) is 23.8 Å². The van der Waals surface area contributed by atoms with Crippen molar-refractivity contribution < 1.29 is 19.2 Å². The molecule has 3 aromatic rings. The van der Waals surface area contributed by atoms with Crippen LogP contribution < -0.4 is 10.1 Å². The van der Waals surface area contributed by atoms with Gasteiger partial charge in [-0.15, -0.1) is 0 Å². The quantitative estimate of drug-likeness (QED) is 0.557. The zero-order chi connectivity index (χ0) is 21.5. The van der Waals surface area contributed by atoms with Gasteiger partial charge in [0.2, 0.25) is 5.88 Å². The lowest BCUT2D eigenvalue weighted by atomic mass is 10.1. The standard InChI is InChI=1S/C22H26N4O4/c1-4-5-18(12-27)25-22(28)17-8-9-20(24-11-17)29-13-19-15(3)30-26-21(19)16-7-6-14(2)23-10-16/h6-11,18,27H,4-5,12-13H2,1-3H3,(H,25,28)/t18-/m1/s1. The van der Waals surface area contributed by atoms with Gasteiger partial charge in [-0.1, -0.05) is 18.5 Å². The maximum atomic E-state index is 12.3.